The summed E-state index contributed by atoms with van der Waals surface area (Å²) in [7, 11) is 0. The van der Waals surface area contributed by atoms with Gasteiger partial charge in [-0.3, -0.25) is 9.59 Å². The van der Waals surface area contributed by atoms with Crippen LogP contribution < -0.4 is 9.64 Å². The first-order valence-corrected chi connectivity index (χ1v) is 10.0. The third-order valence-electron chi connectivity index (χ3n) is 4.14. The van der Waals surface area contributed by atoms with E-state index in [9.17, 15) is 9.59 Å². The molecule has 0 spiro atoms. The minimum atomic E-state index is -0.280. The van der Waals surface area contributed by atoms with Crippen molar-refractivity contribution in [3.05, 3.63) is 64.6 Å². The van der Waals surface area contributed by atoms with Gasteiger partial charge < -0.3 is 4.74 Å². The van der Waals surface area contributed by atoms with Crippen molar-refractivity contribution in [1.29, 1.82) is 0 Å². The highest BCUT2D eigenvalue weighted by Gasteiger charge is 2.39. The van der Waals surface area contributed by atoms with Crippen molar-refractivity contribution >= 4 is 34.8 Å². The van der Waals surface area contributed by atoms with E-state index in [1.54, 1.807) is 0 Å². The number of hydrogen-bond donors (Lipinski definition) is 0. The van der Waals surface area contributed by atoms with E-state index in [0.717, 1.165) is 16.9 Å². The Morgan fingerprint density at radius 1 is 0.963 bits per heavy atom. The fourth-order valence-electron chi connectivity index (χ4n) is 2.94. The maximum absolute atomic E-state index is 13.2. The van der Waals surface area contributed by atoms with E-state index in [4.69, 9.17) is 4.74 Å². The molecule has 1 heterocycles. The molecule has 0 aliphatic carbocycles. The molecule has 4 nitrogen and oxygen atoms in total. The highest BCUT2D eigenvalue weighted by atomic mass is 32.2. The maximum Gasteiger partial charge on any atom is 0.272 e. The SMILES string of the molecule is CCSC1=C(c2ccc(OC(C)C)cc2)C(=O)N(c2ccc(C)cc2)C1=O. The number of carbonyl (C=O) groups is 2. The van der Waals surface area contributed by atoms with Gasteiger partial charge in [-0.15, -0.1) is 11.8 Å². The zero-order valence-electron chi connectivity index (χ0n) is 16.0. The van der Waals surface area contributed by atoms with Gasteiger partial charge in [0.05, 0.1) is 22.3 Å². The third kappa shape index (κ3) is 3.93. The second kappa shape index (κ2) is 8.01. The van der Waals surface area contributed by atoms with Crippen LogP contribution in [0, 0.1) is 6.92 Å². The van der Waals surface area contributed by atoms with Gasteiger partial charge in [0, 0.05) is 0 Å². The van der Waals surface area contributed by atoms with Crippen LogP contribution in [0.15, 0.2) is 53.4 Å². The summed E-state index contributed by atoms with van der Waals surface area (Å²) in [4.78, 5) is 27.9. The summed E-state index contributed by atoms with van der Waals surface area (Å²) in [5.41, 5.74) is 2.87. The van der Waals surface area contributed by atoms with Gasteiger partial charge in [0.25, 0.3) is 11.8 Å². The van der Waals surface area contributed by atoms with Gasteiger partial charge in [-0.25, -0.2) is 4.90 Å². The summed E-state index contributed by atoms with van der Waals surface area (Å²) in [5.74, 6) is 0.922. The van der Waals surface area contributed by atoms with Crippen LogP contribution in [0.5, 0.6) is 5.75 Å². The molecule has 0 N–H and O–H groups in total. The molecule has 3 rings (SSSR count). The lowest BCUT2D eigenvalue weighted by Gasteiger charge is -2.15. The van der Waals surface area contributed by atoms with Gasteiger partial charge in [0.1, 0.15) is 5.75 Å². The zero-order valence-corrected chi connectivity index (χ0v) is 16.8. The number of hydrogen-bond acceptors (Lipinski definition) is 4. The van der Waals surface area contributed by atoms with E-state index in [-0.39, 0.29) is 17.9 Å². The highest BCUT2D eigenvalue weighted by molar-refractivity contribution is 8.04. The molecule has 5 heteroatoms. The second-order valence-electron chi connectivity index (χ2n) is 6.61. The Morgan fingerprint density at radius 2 is 1.59 bits per heavy atom. The van der Waals surface area contributed by atoms with E-state index in [0.29, 0.717) is 21.9 Å². The lowest BCUT2D eigenvalue weighted by Crippen LogP contribution is -2.31. The summed E-state index contributed by atoms with van der Waals surface area (Å²) in [5, 5.41) is 0. The van der Waals surface area contributed by atoms with Gasteiger partial charge >= 0.3 is 0 Å². The summed E-state index contributed by atoms with van der Waals surface area (Å²) >= 11 is 1.41. The van der Waals surface area contributed by atoms with Crippen LogP contribution in [-0.2, 0) is 9.59 Å². The van der Waals surface area contributed by atoms with Crippen molar-refractivity contribution in [3.8, 4) is 5.75 Å². The molecule has 0 bridgehead atoms. The molecule has 1 aliphatic heterocycles. The number of benzene rings is 2. The summed E-state index contributed by atoms with van der Waals surface area (Å²) in [6.07, 6.45) is 0.0768. The first-order chi connectivity index (χ1) is 12.9. The Kier molecular flexibility index (Phi) is 5.71. The van der Waals surface area contributed by atoms with Crippen LogP contribution in [0.1, 0.15) is 31.9 Å². The number of aryl methyl sites for hydroxylation is 1. The maximum atomic E-state index is 13.2. The van der Waals surface area contributed by atoms with Crippen molar-refractivity contribution in [2.24, 2.45) is 0 Å². The lowest BCUT2D eigenvalue weighted by atomic mass is 10.1. The van der Waals surface area contributed by atoms with E-state index < -0.39 is 0 Å². The number of ether oxygens (including phenoxy) is 1. The van der Waals surface area contributed by atoms with E-state index in [1.807, 2.05) is 76.2 Å². The van der Waals surface area contributed by atoms with E-state index in [2.05, 4.69) is 0 Å². The van der Waals surface area contributed by atoms with Gasteiger partial charge in [-0.2, -0.15) is 0 Å². The third-order valence-corrected chi connectivity index (χ3v) is 5.09. The van der Waals surface area contributed by atoms with Gasteiger partial charge in [-0.05, 0) is 56.4 Å². The van der Waals surface area contributed by atoms with Gasteiger partial charge in [-0.1, -0.05) is 36.8 Å². The number of anilines is 1. The normalized spacial score (nSPS) is 14.5. The smallest absolute Gasteiger partial charge is 0.272 e. The van der Waals surface area contributed by atoms with Crippen molar-refractivity contribution in [3.63, 3.8) is 0 Å². The Labute approximate surface area is 164 Å². The first-order valence-electron chi connectivity index (χ1n) is 9.02. The highest BCUT2D eigenvalue weighted by Crippen LogP contribution is 2.38. The van der Waals surface area contributed by atoms with Crippen molar-refractivity contribution in [2.45, 2.75) is 33.8 Å². The number of thioether (sulfide) groups is 1. The molecule has 0 saturated carbocycles. The lowest BCUT2D eigenvalue weighted by molar-refractivity contribution is -0.119. The Morgan fingerprint density at radius 3 is 2.15 bits per heavy atom. The topological polar surface area (TPSA) is 46.6 Å². The fraction of sp³-hybridized carbons (Fsp3) is 0.273. The average molecular weight is 381 g/mol. The Hall–Kier alpha value is -2.53. The molecule has 2 aromatic rings. The molecule has 0 atom stereocenters. The molecule has 2 amide bonds. The van der Waals surface area contributed by atoms with E-state index in [1.165, 1.54) is 16.7 Å². The van der Waals surface area contributed by atoms with Crippen LogP contribution in [-0.4, -0.2) is 23.7 Å². The second-order valence-corrected chi connectivity index (χ2v) is 7.88. The summed E-state index contributed by atoms with van der Waals surface area (Å²) in [6, 6.07) is 14.8. The number of amides is 2. The molecule has 0 saturated heterocycles. The summed E-state index contributed by atoms with van der Waals surface area (Å²) in [6.45, 7) is 7.87. The van der Waals surface area contributed by atoms with Crippen molar-refractivity contribution in [2.75, 3.05) is 10.7 Å². The van der Waals surface area contributed by atoms with Crippen LogP contribution >= 0.6 is 11.8 Å². The predicted molar refractivity (Wildman–Crippen MR) is 111 cm³/mol. The molecule has 27 heavy (non-hydrogen) atoms. The van der Waals surface area contributed by atoms with Crippen molar-refractivity contribution in [1.82, 2.24) is 0 Å². The zero-order chi connectivity index (χ0) is 19.6. The minimum Gasteiger partial charge on any atom is -0.491 e. The monoisotopic (exact) mass is 381 g/mol. The molecule has 0 aromatic heterocycles. The number of imide groups is 1. The molecule has 1 aliphatic rings. The molecular weight excluding hydrogens is 358 g/mol. The molecule has 2 aromatic carbocycles. The molecule has 0 fully saturated rings. The fourth-order valence-corrected chi connectivity index (χ4v) is 3.80. The molecular formula is C22H23NO3S. The largest absolute Gasteiger partial charge is 0.491 e. The average Bonchev–Trinajstić information content (AvgIpc) is 2.87. The Bertz CT molecular complexity index is 883. The van der Waals surface area contributed by atoms with Crippen molar-refractivity contribution < 1.29 is 14.3 Å². The van der Waals surface area contributed by atoms with Crippen LogP contribution in [0.4, 0.5) is 5.69 Å². The quantitative estimate of drug-likeness (QED) is 0.673. The van der Waals surface area contributed by atoms with Crippen LogP contribution in [0.2, 0.25) is 0 Å². The Balaban J connectivity index is 1.99. The first kappa shape index (κ1) is 19.2. The standard InChI is InChI=1S/C22H23NO3S/c1-5-27-20-19(16-8-12-18(13-9-16)26-14(2)3)21(24)23(22(20)25)17-10-6-15(4)7-11-17/h6-14H,5H2,1-4H3. The van der Waals surface area contributed by atoms with Gasteiger partial charge in [0.2, 0.25) is 0 Å². The van der Waals surface area contributed by atoms with E-state index >= 15 is 0 Å². The molecule has 140 valence electrons. The number of nitrogens with zero attached hydrogens (tertiary/aromatic N) is 1. The van der Waals surface area contributed by atoms with Crippen LogP contribution in [0.3, 0.4) is 0 Å². The predicted octanol–water partition coefficient (Wildman–Crippen LogP) is 4.82. The molecule has 0 radical (unpaired) electrons. The molecule has 0 unspecified atom stereocenters. The minimum absolute atomic E-state index is 0.0768. The number of rotatable bonds is 6. The van der Waals surface area contributed by atoms with Crippen LogP contribution in [0.25, 0.3) is 5.57 Å². The summed E-state index contributed by atoms with van der Waals surface area (Å²) < 4.78 is 5.67. The van der Waals surface area contributed by atoms with Gasteiger partial charge in [0.15, 0.2) is 0 Å². The number of carbonyl (C=O) groups excluding carboxylic acids is 2.